The van der Waals surface area contributed by atoms with E-state index in [0.717, 1.165) is 70.7 Å². The molecule has 0 aliphatic carbocycles. The van der Waals surface area contributed by atoms with Crippen molar-refractivity contribution in [1.82, 2.24) is 30.4 Å². The fourth-order valence-electron chi connectivity index (χ4n) is 8.03. The second kappa shape index (κ2) is 18.4. The average Bonchev–Trinajstić information content (AvgIpc) is 4.01. The van der Waals surface area contributed by atoms with E-state index in [2.05, 4.69) is 64.1 Å². The van der Waals surface area contributed by atoms with Crippen LogP contribution in [0.2, 0.25) is 0 Å². The molecular formula is C45H59N7O6. The number of aliphatic imine (C=N–C) groups is 1. The number of rotatable bonds is 13. The highest BCUT2D eigenvalue weighted by atomic mass is 16.6. The highest BCUT2D eigenvalue weighted by Crippen LogP contribution is 2.35. The van der Waals surface area contributed by atoms with Gasteiger partial charge in [-0.1, -0.05) is 76.2 Å². The summed E-state index contributed by atoms with van der Waals surface area (Å²) in [6, 6.07) is 15.1. The summed E-state index contributed by atoms with van der Waals surface area (Å²) >= 11 is 0. The van der Waals surface area contributed by atoms with Gasteiger partial charge in [-0.3, -0.25) is 14.6 Å². The SMILES string of the molecule is CC(C)OC(=O)N[C@H](C(=O)N1CCCC1c1ncc(-c2ccc(-c3ccc(C4=CN=C([C@@H]5CCCN5C(=O)[C@@H](NC(=O)OC(C)C)C(C)C)C4)cc3)cc2)[nH]1)C(C)C. The Bertz CT molecular complexity index is 2000. The van der Waals surface area contributed by atoms with Gasteiger partial charge in [0.05, 0.1) is 36.2 Å². The molecule has 4 amide bonds. The van der Waals surface area contributed by atoms with E-state index in [1.54, 1.807) is 27.7 Å². The Hall–Kier alpha value is -5.46. The van der Waals surface area contributed by atoms with E-state index in [1.807, 2.05) is 49.9 Å². The summed E-state index contributed by atoms with van der Waals surface area (Å²) in [5.41, 5.74) is 7.19. The summed E-state index contributed by atoms with van der Waals surface area (Å²) in [5.74, 6) is 0.299. The number of hydrogen-bond donors (Lipinski definition) is 3. The van der Waals surface area contributed by atoms with Crippen molar-refractivity contribution in [3.63, 3.8) is 0 Å². The maximum Gasteiger partial charge on any atom is 0.408 e. The summed E-state index contributed by atoms with van der Waals surface area (Å²) in [6.07, 6.45) is 6.04. The second-order valence-electron chi connectivity index (χ2n) is 16.8. The van der Waals surface area contributed by atoms with Crippen molar-refractivity contribution >= 4 is 35.3 Å². The van der Waals surface area contributed by atoms with Gasteiger partial charge in [0.1, 0.15) is 17.9 Å². The number of ether oxygens (including phenoxy) is 2. The molecule has 58 heavy (non-hydrogen) atoms. The smallest absolute Gasteiger partial charge is 0.408 e. The van der Waals surface area contributed by atoms with Gasteiger partial charge in [0.2, 0.25) is 11.8 Å². The largest absolute Gasteiger partial charge is 0.447 e. The normalized spacial score (nSPS) is 19.1. The van der Waals surface area contributed by atoms with Crippen LogP contribution in [0.3, 0.4) is 0 Å². The van der Waals surface area contributed by atoms with Crippen molar-refractivity contribution in [3.05, 3.63) is 72.3 Å². The van der Waals surface area contributed by atoms with E-state index in [-0.39, 0.29) is 47.9 Å². The molecule has 2 saturated heterocycles. The number of carbonyl (C=O) groups is 4. The quantitative estimate of drug-likeness (QED) is 0.159. The van der Waals surface area contributed by atoms with Gasteiger partial charge >= 0.3 is 12.2 Å². The van der Waals surface area contributed by atoms with Crippen LogP contribution in [-0.4, -0.2) is 92.9 Å². The van der Waals surface area contributed by atoms with Gasteiger partial charge in [0.25, 0.3) is 0 Å². The molecule has 4 heterocycles. The highest BCUT2D eigenvalue weighted by molar-refractivity contribution is 6.04. The molecule has 0 saturated carbocycles. The number of alkyl carbamates (subject to hydrolysis) is 2. The molecule has 3 aromatic rings. The van der Waals surface area contributed by atoms with Gasteiger partial charge in [-0.25, -0.2) is 14.6 Å². The Balaban J connectivity index is 1.06. The van der Waals surface area contributed by atoms with Gasteiger partial charge in [-0.15, -0.1) is 0 Å². The molecule has 6 rings (SSSR count). The molecule has 0 bridgehead atoms. The Labute approximate surface area is 342 Å². The van der Waals surface area contributed by atoms with Gasteiger partial charge in [0, 0.05) is 31.4 Å². The van der Waals surface area contributed by atoms with Crippen LogP contribution in [0.25, 0.3) is 28.0 Å². The summed E-state index contributed by atoms with van der Waals surface area (Å²) in [7, 11) is 0. The number of hydrogen-bond acceptors (Lipinski definition) is 8. The maximum absolute atomic E-state index is 13.7. The predicted molar refractivity (Wildman–Crippen MR) is 225 cm³/mol. The first-order valence-corrected chi connectivity index (χ1v) is 20.8. The van der Waals surface area contributed by atoms with Crippen molar-refractivity contribution < 1.29 is 28.7 Å². The number of aromatic amines is 1. The lowest BCUT2D eigenvalue weighted by Crippen LogP contribution is -2.54. The minimum absolute atomic E-state index is 0.0932. The van der Waals surface area contributed by atoms with E-state index in [0.29, 0.717) is 19.5 Å². The van der Waals surface area contributed by atoms with E-state index in [4.69, 9.17) is 19.5 Å². The third-order valence-electron chi connectivity index (χ3n) is 11.0. The predicted octanol–water partition coefficient (Wildman–Crippen LogP) is 7.90. The summed E-state index contributed by atoms with van der Waals surface area (Å²) in [6.45, 7) is 16.0. The Morgan fingerprint density at radius 1 is 0.672 bits per heavy atom. The first-order valence-electron chi connectivity index (χ1n) is 20.8. The molecule has 310 valence electrons. The van der Waals surface area contributed by atoms with E-state index in [1.165, 1.54) is 0 Å². The lowest BCUT2D eigenvalue weighted by molar-refractivity contribution is -0.135. The minimum atomic E-state index is -0.695. The van der Waals surface area contributed by atoms with Crippen molar-refractivity contribution in [2.75, 3.05) is 13.1 Å². The number of carbonyl (C=O) groups excluding carboxylic acids is 4. The first-order chi connectivity index (χ1) is 27.7. The van der Waals surface area contributed by atoms with Crippen LogP contribution >= 0.6 is 0 Å². The fourth-order valence-corrected chi connectivity index (χ4v) is 8.03. The zero-order valence-electron chi connectivity index (χ0n) is 35.1. The molecule has 13 nitrogen and oxygen atoms in total. The number of benzene rings is 2. The first kappa shape index (κ1) is 42.2. The van der Waals surface area contributed by atoms with Crippen LogP contribution < -0.4 is 10.6 Å². The number of amides is 4. The van der Waals surface area contributed by atoms with Crippen molar-refractivity contribution in [3.8, 4) is 22.4 Å². The number of nitrogens with zero attached hydrogens (tertiary/aromatic N) is 4. The number of nitrogens with one attached hydrogen (secondary N) is 3. The third kappa shape index (κ3) is 9.79. The van der Waals surface area contributed by atoms with Crippen LogP contribution in [0.4, 0.5) is 9.59 Å². The molecule has 0 radical (unpaired) electrons. The second-order valence-corrected chi connectivity index (χ2v) is 16.8. The van der Waals surface area contributed by atoms with E-state index >= 15 is 0 Å². The molecular weight excluding hydrogens is 735 g/mol. The van der Waals surface area contributed by atoms with Gasteiger partial charge in [0.15, 0.2) is 0 Å². The maximum atomic E-state index is 13.7. The highest BCUT2D eigenvalue weighted by Gasteiger charge is 2.39. The number of imidazole rings is 1. The molecule has 1 unspecified atom stereocenters. The van der Waals surface area contributed by atoms with Gasteiger partial charge in [-0.2, -0.15) is 0 Å². The number of H-pyrrole nitrogens is 1. The Morgan fingerprint density at radius 2 is 1.14 bits per heavy atom. The average molecular weight is 794 g/mol. The Morgan fingerprint density at radius 3 is 1.64 bits per heavy atom. The fraction of sp³-hybridized carbons (Fsp3) is 0.511. The molecule has 1 aromatic heterocycles. The van der Waals surface area contributed by atoms with Crippen LogP contribution in [0.5, 0.6) is 0 Å². The molecule has 2 fully saturated rings. The zero-order chi connectivity index (χ0) is 41.7. The third-order valence-corrected chi connectivity index (χ3v) is 11.0. The van der Waals surface area contributed by atoms with Crippen LogP contribution in [0, 0.1) is 11.8 Å². The number of aromatic nitrogens is 2. The minimum Gasteiger partial charge on any atom is -0.447 e. The molecule has 13 heteroatoms. The van der Waals surface area contributed by atoms with Crippen LogP contribution in [0.1, 0.15) is 105 Å². The van der Waals surface area contributed by atoms with Crippen LogP contribution in [-0.2, 0) is 19.1 Å². The lowest BCUT2D eigenvalue weighted by atomic mass is 9.95. The number of likely N-dealkylation sites (tertiary alicyclic amines) is 2. The van der Waals surface area contributed by atoms with E-state index < -0.39 is 24.3 Å². The zero-order valence-corrected chi connectivity index (χ0v) is 35.1. The van der Waals surface area contributed by atoms with Crippen molar-refractivity contribution in [1.29, 1.82) is 0 Å². The molecule has 4 atom stereocenters. The lowest BCUT2D eigenvalue weighted by Gasteiger charge is -2.31. The summed E-state index contributed by atoms with van der Waals surface area (Å²) < 4.78 is 10.5. The number of allylic oxidation sites excluding steroid dienone is 1. The molecule has 3 N–H and O–H groups in total. The molecule has 2 aromatic carbocycles. The van der Waals surface area contributed by atoms with Crippen molar-refractivity contribution in [2.24, 2.45) is 16.8 Å². The van der Waals surface area contributed by atoms with Crippen LogP contribution in [0.15, 0.2) is 65.9 Å². The molecule has 3 aliphatic rings. The Kier molecular flexibility index (Phi) is 13.4. The van der Waals surface area contributed by atoms with Crippen molar-refractivity contribution in [2.45, 2.75) is 124 Å². The topological polar surface area (TPSA) is 158 Å². The standard InChI is InChI=1S/C45H59N7O6/c1-26(2)39(49-44(55)57-28(5)6)42(53)51-21-9-11-37(51)35-23-34(24-46-35)32-15-13-30(14-16-32)31-17-19-33(20-18-31)36-25-47-41(48-36)38-12-10-22-52(38)43(54)40(27(3)4)50-45(56)58-29(7)8/h13-20,24-29,37-40H,9-12,21-23H2,1-8H3,(H,47,48)(H,49,55)(H,50,56)/t37-,38?,39-,40-/m0/s1. The molecule has 0 spiro atoms. The van der Waals surface area contributed by atoms with Gasteiger partial charge in [-0.05, 0) is 93.0 Å². The van der Waals surface area contributed by atoms with E-state index in [9.17, 15) is 19.2 Å². The summed E-state index contributed by atoms with van der Waals surface area (Å²) in [4.78, 5) is 68.9. The van der Waals surface area contributed by atoms with Gasteiger partial charge < -0.3 is 34.9 Å². The summed E-state index contributed by atoms with van der Waals surface area (Å²) in [5, 5.41) is 5.57. The monoisotopic (exact) mass is 793 g/mol. The molecule has 3 aliphatic heterocycles.